The number of hydroxylamine groups is 1. The lowest BCUT2D eigenvalue weighted by Gasteiger charge is -2.37. The third-order valence-electron chi connectivity index (χ3n) is 8.47. The summed E-state index contributed by atoms with van der Waals surface area (Å²) in [6.45, 7) is 7.20. The molecule has 2 unspecified atom stereocenters. The zero-order valence-corrected chi connectivity index (χ0v) is 24.9. The average Bonchev–Trinajstić information content (AvgIpc) is 3.58. The minimum atomic E-state index is -4.40. The van der Waals surface area contributed by atoms with Gasteiger partial charge in [-0.3, -0.25) is 19.3 Å². The van der Waals surface area contributed by atoms with Gasteiger partial charge in [0.05, 0.1) is 4.90 Å². The molecule has 0 spiro atoms. The van der Waals surface area contributed by atoms with Crippen molar-refractivity contribution in [3.05, 3.63) is 41.4 Å². The van der Waals surface area contributed by atoms with Crippen LogP contribution in [-0.4, -0.2) is 122 Å². The lowest BCUT2D eigenvalue weighted by Crippen LogP contribution is -2.54. The van der Waals surface area contributed by atoms with Crippen molar-refractivity contribution in [1.29, 1.82) is 0 Å². The van der Waals surface area contributed by atoms with Crippen molar-refractivity contribution in [2.75, 3.05) is 52.9 Å². The Morgan fingerprint density at radius 2 is 1.78 bits per heavy atom. The number of hydrogen-bond acceptors (Lipinski definition) is 8. The first-order valence-electron chi connectivity index (χ1n) is 14.0. The molecule has 11 nitrogen and oxygen atoms in total. The number of nitrogens with zero attached hydrogens (tertiary/aromatic N) is 5. The predicted molar refractivity (Wildman–Crippen MR) is 153 cm³/mol. The molecule has 2 amide bonds. The van der Waals surface area contributed by atoms with Crippen LogP contribution in [0.2, 0.25) is 5.02 Å². The van der Waals surface area contributed by atoms with E-state index in [2.05, 4.69) is 16.8 Å². The van der Waals surface area contributed by atoms with E-state index >= 15 is 0 Å². The van der Waals surface area contributed by atoms with E-state index in [9.17, 15) is 22.8 Å². The number of rotatable bonds is 9. The van der Waals surface area contributed by atoms with Gasteiger partial charge in [0.25, 0.3) is 10.0 Å². The third kappa shape index (κ3) is 6.07. The molecular weight excluding hydrogens is 570 g/mol. The van der Waals surface area contributed by atoms with Gasteiger partial charge < -0.3 is 19.5 Å². The molecule has 13 heteroatoms. The van der Waals surface area contributed by atoms with Crippen LogP contribution in [-0.2, 0) is 29.2 Å². The van der Waals surface area contributed by atoms with Crippen LogP contribution < -0.4 is 0 Å². The Kier molecular flexibility index (Phi) is 8.86. The molecule has 3 saturated heterocycles. The fourth-order valence-electron chi connectivity index (χ4n) is 6.08. The SMILES string of the molecule is C[C@@H](C(=O)N1CCCC1CN1CCN(C)CC1)N1CCC(N(OC=O)S(=O)(=O)c2ccc3cc(Cl)ccc3c2)C1=O. The maximum Gasteiger partial charge on any atom is 0.314 e. The van der Waals surface area contributed by atoms with Crippen molar-refractivity contribution in [3.63, 3.8) is 0 Å². The highest BCUT2D eigenvalue weighted by atomic mass is 35.5. The van der Waals surface area contributed by atoms with Gasteiger partial charge in [-0.25, -0.2) is 8.42 Å². The number of likely N-dealkylation sites (N-methyl/N-ethyl adjacent to an activating group) is 1. The van der Waals surface area contributed by atoms with E-state index in [1.807, 2.05) is 4.90 Å². The molecule has 0 saturated carbocycles. The summed E-state index contributed by atoms with van der Waals surface area (Å²) in [5.41, 5.74) is 0. The second-order valence-corrected chi connectivity index (χ2v) is 13.3. The molecule has 0 bridgehead atoms. The monoisotopic (exact) mass is 605 g/mol. The fraction of sp³-hybridized carbons (Fsp3) is 0.536. The summed E-state index contributed by atoms with van der Waals surface area (Å²) in [4.78, 5) is 51.3. The van der Waals surface area contributed by atoms with Gasteiger partial charge >= 0.3 is 6.47 Å². The Morgan fingerprint density at radius 3 is 2.51 bits per heavy atom. The highest BCUT2D eigenvalue weighted by Gasteiger charge is 2.47. The first kappa shape index (κ1) is 29.7. The van der Waals surface area contributed by atoms with E-state index in [0.717, 1.165) is 51.0 Å². The topological polar surface area (TPSA) is 111 Å². The number of carbonyl (C=O) groups is 3. The van der Waals surface area contributed by atoms with Crippen LogP contribution in [0.4, 0.5) is 0 Å². The number of carbonyl (C=O) groups excluding carboxylic acids is 3. The normalized spacial score (nSPS) is 23.5. The average molecular weight is 606 g/mol. The van der Waals surface area contributed by atoms with Crippen molar-refractivity contribution in [2.24, 2.45) is 0 Å². The van der Waals surface area contributed by atoms with E-state index in [0.29, 0.717) is 21.4 Å². The molecule has 41 heavy (non-hydrogen) atoms. The summed E-state index contributed by atoms with van der Waals surface area (Å²) in [6, 6.07) is 7.50. The lowest BCUT2D eigenvalue weighted by atomic mass is 10.1. The fourth-order valence-corrected chi connectivity index (χ4v) is 7.67. The summed E-state index contributed by atoms with van der Waals surface area (Å²) < 4.78 is 27.7. The molecule has 0 aromatic heterocycles. The van der Waals surface area contributed by atoms with Gasteiger partial charge in [-0.1, -0.05) is 23.7 Å². The molecule has 0 radical (unpaired) electrons. The molecule has 222 valence electrons. The first-order valence-corrected chi connectivity index (χ1v) is 15.8. The van der Waals surface area contributed by atoms with Crippen LogP contribution in [0.15, 0.2) is 41.3 Å². The number of piperazine rings is 1. The maximum atomic E-state index is 13.6. The molecule has 0 N–H and O–H groups in total. The molecule has 3 aliphatic rings. The lowest BCUT2D eigenvalue weighted by molar-refractivity contribution is -0.163. The summed E-state index contributed by atoms with van der Waals surface area (Å²) in [6.07, 6.45) is 1.90. The molecule has 2 aromatic carbocycles. The van der Waals surface area contributed by atoms with Crippen molar-refractivity contribution >= 4 is 50.7 Å². The summed E-state index contributed by atoms with van der Waals surface area (Å²) in [5, 5.41) is 1.87. The highest BCUT2D eigenvalue weighted by molar-refractivity contribution is 7.89. The minimum absolute atomic E-state index is 0.00389. The summed E-state index contributed by atoms with van der Waals surface area (Å²) >= 11 is 6.04. The number of likely N-dealkylation sites (tertiary alicyclic amines) is 2. The molecule has 2 aromatic rings. The number of benzene rings is 2. The van der Waals surface area contributed by atoms with Gasteiger partial charge in [-0.15, -0.1) is 0 Å². The standard InChI is InChI=1S/C28H36ClN5O6S/c1-20(27(36)33-10-3-4-24(33)18-31-14-12-30(2)13-15-31)32-11-9-26(28(32)37)34(40-19-35)41(38,39)25-8-6-21-16-23(29)7-5-22(21)17-25/h5-8,16-17,19-20,24,26H,3-4,9-15,18H2,1-2H3/t20-,24?,26?/m0/s1. The van der Waals surface area contributed by atoms with Crippen molar-refractivity contribution < 1.29 is 27.6 Å². The maximum absolute atomic E-state index is 13.6. The highest BCUT2D eigenvalue weighted by Crippen LogP contribution is 2.30. The van der Waals surface area contributed by atoms with Gasteiger partial charge in [0.2, 0.25) is 11.8 Å². The number of hydrogen-bond donors (Lipinski definition) is 0. The third-order valence-corrected chi connectivity index (χ3v) is 10.4. The quantitative estimate of drug-likeness (QED) is 0.314. The van der Waals surface area contributed by atoms with Crippen LogP contribution in [0.25, 0.3) is 10.8 Å². The number of sulfonamides is 1. The Hall–Kier alpha value is -2.77. The van der Waals surface area contributed by atoms with Gasteiger partial charge in [-0.05, 0) is 72.7 Å². The Balaban J connectivity index is 1.30. The number of amides is 2. The molecular formula is C28H36ClN5O6S. The van der Waals surface area contributed by atoms with Crippen LogP contribution in [0, 0.1) is 0 Å². The van der Waals surface area contributed by atoms with Crippen molar-refractivity contribution in [3.8, 4) is 0 Å². The molecule has 3 heterocycles. The van der Waals surface area contributed by atoms with E-state index in [-0.39, 0.29) is 36.3 Å². The molecule has 3 fully saturated rings. The van der Waals surface area contributed by atoms with Gasteiger partial charge in [0, 0.05) is 56.9 Å². The summed E-state index contributed by atoms with van der Waals surface area (Å²) in [7, 11) is -2.29. The van der Waals surface area contributed by atoms with E-state index in [1.54, 1.807) is 31.2 Å². The minimum Gasteiger partial charge on any atom is -0.355 e. The van der Waals surface area contributed by atoms with Gasteiger partial charge in [0.1, 0.15) is 12.1 Å². The van der Waals surface area contributed by atoms with Gasteiger partial charge in [0.15, 0.2) is 0 Å². The Bertz CT molecular complexity index is 1420. The second kappa shape index (κ2) is 12.2. The zero-order valence-electron chi connectivity index (χ0n) is 23.3. The molecule has 3 atom stereocenters. The molecule has 5 rings (SSSR count). The first-order chi connectivity index (χ1) is 19.6. The van der Waals surface area contributed by atoms with Crippen molar-refractivity contribution in [2.45, 2.75) is 49.2 Å². The largest absolute Gasteiger partial charge is 0.355 e. The summed E-state index contributed by atoms with van der Waals surface area (Å²) in [5.74, 6) is -0.715. The Labute approximate surface area is 245 Å². The van der Waals surface area contributed by atoms with Crippen LogP contribution in [0.5, 0.6) is 0 Å². The van der Waals surface area contributed by atoms with Crippen LogP contribution in [0.3, 0.4) is 0 Å². The second-order valence-electron chi connectivity index (χ2n) is 11.1. The van der Waals surface area contributed by atoms with Crippen molar-refractivity contribution in [1.82, 2.24) is 24.1 Å². The predicted octanol–water partition coefficient (Wildman–Crippen LogP) is 1.80. The Morgan fingerprint density at radius 1 is 1.07 bits per heavy atom. The van der Waals surface area contributed by atoms with Gasteiger partial charge in [-0.2, -0.15) is 0 Å². The smallest absolute Gasteiger partial charge is 0.314 e. The molecule has 0 aliphatic carbocycles. The van der Waals surface area contributed by atoms with Crippen LogP contribution >= 0.6 is 11.6 Å². The number of fused-ring (bicyclic) bond motifs is 1. The van der Waals surface area contributed by atoms with E-state index < -0.39 is 28.0 Å². The molecule has 3 aliphatic heterocycles. The van der Waals surface area contributed by atoms with E-state index in [1.165, 1.54) is 17.0 Å². The number of halogens is 1. The van der Waals surface area contributed by atoms with E-state index in [4.69, 9.17) is 16.4 Å². The zero-order chi connectivity index (χ0) is 29.3. The van der Waals surface area contributed by atoms with Crippen LogP contribution in [0.1, 0.15) is 26.2 Å².